The lowest BCUT2D eigenvalue weighted by Gasteiger charge is -2.49. The van der Waals surface area contributed by atoms with E-state index in [1.807, 2.05) is 0 Å². The molecule has 2 heterocycles. The van der Waals surface area contributed by atoms with E-state index in [9.17, 15) is 22.4 Å². The first-order chi connectivity index (χ1) is 13.7. The first-order valence-corrected chi connectivity index (χ1v) is 8.73. The summed E-state index contributed by atoms with van der Waals surface area (Å²) in [6.45, 7) is 1.66. The number of alkyl halides is 3. The standard InChI is InChI=1S/C21H16F4O4/c1-12-8-9-28-19(12)18(26)16-7-6-15(22)11-17(16)29-20(19,27-2)13-4-3-5-14(10-13)21(23,24)25/h3-8,10-11H,9H2,1-2H3. The van der Waals surface area contributed by atoms with Gasteiger partial charge in [-0.05, 0) is 36.8 Å². The average Bonchev–Trinajstić information content (AvgIpc) is 3.07. The van der Waals surface area contributed by atoms with E-state index in [4.69, 9.17) is 14.2 Å². The molecular weight excluding hydrogens is 392 g/mol. The Morgan fingerprint density at radius 2 is 1.90 bits per heavy atom. The van der Waals surface area contributed by atoms with Gasteiger partial charge >= 0.3 is 6.18 Å². The smallest absolute Gasteiger partial charge is 0.416 e. The van der Waals surface area contributed by atoms with E-state index in [0.29, 0.717) is 5.57 Å². The van der Waals surface area contributed by atoms with Crippen molar-refractivity contribution < 1.29 is 36.6 Å². The number of hydrogen-bond donors (Lipinski definition) is 0. The third-order valence-corrected chi connectivity index (χ3v) is 5.33. The maximum atomic E-state index is 13.8. The minimum atomic E-state index is -4.62. The summed E-state index contributed by atoms with van der Waals surface area (Å²) >= 11 is 0. The Bertz CT molecular complexity index is 1030. The molecular formula is C21H16F4O4. The second-order valence-electron chi connectivity index (χ2n) is 6.85. The van der Waals surface area contributed by atoms with E-state index >= 15 is 0 Å². The number of Topliss-reactive ketones (excluding diaryl/α,β-unsaturated/α-hetero) is 1. The van der Waals surface area contributed by atoms with Gasteiger partial charge in [0, 0.05) is 18.7 Å². The molecule has 152 valence electrons. The zero-order valence-corrected chi connectivity index (χ0v) is 15.5. The molecule has 0 N–H and O–H groups in total. The maximum Gasteiger partial charge on any atom is 0.416 e. The largest absolute Gasteiger partial charge is 0.453 e. The molecule has 2 aliphatic rings. The predicted octanol–water partition coefficient (Wildman–Crippen LogP) is 4.63. The van der Waals surface area contributed by atoms with Crippen LogP contribution in [-0.4, -0.2) is 25.1 Å². The van der Waals surface area contributed by atoms with Crippen molar-refractivity contribution in [1.29, 1.82) is 0 Å². The highest BCUT2D eigenvalue weighted by molar-refractivity contribution is 6.09. The number of rotatable bonds is 2. The highest BCUT2D eigenvalue weighted by Crippen LogP contribution is 2.53. The normalized spacial score (nSPS) is 26.3. The highest BCUT2D eigenvalue weighted by atomic mass is 19.4. The molecule has 2 aromatic carbocycles. The van der Waals surface area contributed by atoms with Crippen LogP contribution in [0.3, 0.4) is 0 Å². The molecule has 2 aliphatic heterocycles. The average molecular weight is 408 g/mol. The predicted molar refractivity (Wildman–Crippen MR) is 93.9 cm³/mol. The molecule has 2 atom stereocenters. The van der Waals surface area contributed by atoms with Crippen LogP contribution in [0.5, 0.6) is 5.75 Å². The van der Waals surface area contributed by atoms with Crippen LogP contribution in [0.1, 0.15) is 28.4 Å². The molecule has 0 amide bonds. The summed E-state index contributed by atoms with van der Waals surface area (Å²) < 4.78 is 71.2. The molecule has 0 bridgehead atoms. The molecule has 2 unspecified atom stereocenters. The van der Waals surface area contributed by atoms with Crippen molar-refractivity contribution in [3.63, 3.8) is 0 Å². The van der Waals surface area contributed by atoms with E-state index in [-0.39, 0.29) is 23.5 Å². The van der Waals surface area contributed by atoms with E-state index in [2.05, 4.69) is 0 Å². The van der Waals surface area contributed by atoms with Crippen LogP contribution in [0.15, 0.2) is 54.1 Å². The second kappa shape index (κ2) is 6.40. The molecule has 29 heavy (non-hydrogen) atoms. The molecule has 4 nitrogen and oxygen atoms in total. The van der Waals surface area contributed by atoms with Gasteiger partial charge in [-0.3, -0.25) is 4.79 Å². The lowest BCUT2D eigenvalue weighted by atomic mass is 9.74. The number of ketones is 1. The number of halogens is 4. The van der Waals surface area contributed by atoms with Crippen molar-refractivity contribution in [3.8, 4) is 5.75 Å². The van der Waals surface area contributed by atoms with Crippen LogP contribution in [-0.2, 0) is 21.4 Å². The van der Waals surface area contributed by atoms with E-state index in [0.717, 1.165) is 24.3 Å². The monoisotopic (exact) mass is 408 g/mol. The van der Waals surface area contributed by atoms with Crippen LogP contribution in [0.2, 0.25) is 0 Å². The van der Waals surface area contributed by atoms with Crippen molar-refractivity contribution >= 4 is 5.78 Å². The quantitative estimate of drug-likeness (QED) is 0.537. The fourth-order valence-corrected chi connectivity index (χ4v) is 3.95. The number of carbonyl (C=O) groups is 1. The number of hydrogen-bond acceptors (Lipinski definition) is 4. The van der Waals surface area contributed by atoms with Crippen molar-refractivity contribution in [3.05, 3.63) is 76.6 Å². The minimum absolute atomic E-state index is 0.0432. The van der Waals surface area contributed by atoms with Gasteiger partial charge in [0.1, 0.15) is 11.6 Å². The molecule has 0 fully saturated rings. The summed E-state index contributed by atoms with van der Waals surface area (Å²) in [5.41, 5.74) is -2.39. The van der Waals surface area contributed by atoms with Crippen molar-refractivity contribution in [2.24, 2.45) is 0 Å². The molecule has 0 aromatic heterocycles. The van der Waals surface area contributed by atoms with Gasteiger partial charge in [-0.15, -0.1) is 0 Å². The fraction of sp³-hybridized carbons (Fsp3) is 0.286. The van der Waals surface area contributed by atoms with Gasteiger partial charge in [-0.1, -0.05) is 18.2 Å². The Kier molecular flexibility index (Phi) is 4.32. The van der Waals surface area contributed by atoms with Gasteiger partial charge in [-0.25, -0.2) is 4.39 Å². The fourth-order valence-electron chi connectivity index (χ4n) is 3.95. The lowest BCUT2D eigenvalue weighted by molar-refractivity contribution is -0.261. The Hall–Kier alpha value is -2.71. The van der Waals surface area contributed by atoms with Crippen molar-refractivity contribution in [2.75, 3.05) is 13.7 Å². The first-order valence-electron chi connectivity index (χ1n) is 8.73. The van der Waals surface area contributed by atoms with Crippen LogP contribution in [0.4, 0.5) is 17.6 Å². The van der Waals surface area contributed by atoms with Crippen LogP contribution < -0.4 is 4.74 Å². The molecule has 4 rings (SSSR count). The van der Waals surface area contributed by atoms with Gasteiger partial charge in [0.25, 0.3) is 5.79 Å². The van der Waals surface area contributed by atoms with Gasteiger partial charge < -0.3 is 14.2 Å². The highest BCUT2D eigenvalue weighted by Gasteiger charge is 2.67. The summed E-state index contributed by atoms with van der Waals surface area (Å²) in [7, 11) is 1.20. The minimum Gasteiger partial charge on any atom is -0.453 e. The zero-order valence-electron chi connectivity index (χ0n) is 15.5. The van der Waals surface area contributed by atoms with E-state index < -0.39 is 34.7 Å². The Labute approximate surface area is 163 Å². The van der Waals surface area contributed by atoms with Crippen LogP contribution >= 0.6 is 0 Å². The van der Waals surface area contributed by atoms with Crippen molar-refractivity contribution in [2.45, 2.75) is 24.5 Å². The lowest BCUT2D eigenvalue weighted by Crippen LogP contribution is -2.64. The summed E-state index contributed by atoms with van der Waals surface area (Å²) in [6.07, 6.45) is -2.99. The number of ether oxygens (including phenoxy) is 3. The van der Waals surface area contributed by atoms with Crippen molar-refractivity contribution in [1.82, 2.24) is 0 Å². The second-order valence-corrected chi connectivity index (χ2v) is 6.85. The van der Waals surface area contributed by atoms with Crippen LogP contribution in [0, 0.1) is 5.82 Å². The van der Waals surface area contributed by atoms with Crippen LogP contribution in [0.25, 0.3) is 0 Å². The third kappa shape index (κ3) is 2.63. The Morgan fingerprint density at radius 1 is 1.14 bits per heavy atom. The first kappa shape index (κ1) is 19.6. The molecule has 0 aliphatic carbocycles. The molecule has 8 heteroatoms. The third-order valence-electron chi connectivity index (χ3n) is 5.33. The van der Waals surface area contributed by atoms with Gasteiger partial charge in [0.15, 0.2) is 0 Å². The molecule has 0 saturated carbocycles. The number of methoxy groups -OCH3 is 1. The summed E-state index contributed by atoms with van der Waals surface area (Å²) in [5.74, 6) is -3.46. The van der Waals surface area contributed by atoms with Gasteiger partial charge in [-0.2, -0.15) is 13.2 Å². The SMILES string of the molecule is COC1(c2cccc(C(F)(F)F)c2)Oc2cc(F)ccc2C(=O)C12OCC=C2C. The number of benzene rings is 2. The zero-order chi connectivity index (χ0) is 21.0. The molecule has 2 aromatic rings. The molecule has 0 saturated heterocycles. The Balaban J connectivity index is 2.02. The number of carbonyl (C=O) groups excluding carboxylic acids is 1. The van der Waals surface area contributed by atoms with Gasteiger partial charge in [0.05, 0.1) is 17.7 Å². The number of fused-ring (bicyclic) bond motifs is 1. The molecule has 1 spiro atoms. The topological polar surface area (TPSA) is 44.8 Å². The summed E-state index contributed by atoms with van der Waals surface area (Å²) in [5, 5.41) is 0. The Morgan fingerprint density at radius 3 is 2.52 bits per heavy atom. The maximum absolute atomic E-state index is 13.8. The van der Waals surface area contributed by atoms with Gasteiger partial charge in [0.2, 0.25) is 11.4 Å². The van der Waals surface area contributed by atoms with E-state index in [1.54, 1.807) is 13.0 Å². The summed E-state index contributed by atoms with van der Waals surface area (Å²) in [4.78, 5) is 13.5. The summed E-state index contributed by atoms with van der Waals surface area (Å²) in [6, 6.07) is 7.65. The molecule has 0 radical (unpaired) electrons. The van der Waals surface area contributed by atoms with E-state index in [1.165, 1.54) is 25.3 Å².